The molecule has 0 bridgehead atoms. The summed E-state index contributed by atoms with van der Waals surface area (Å²) in [5.41, 5.74) is 4.57. The van der Waals surface area contributed by atoms with Gasteiger partial charge in [0.05, 0.1) is 18.2 Å². The van der Waals surface area contributed by atoms with Crippen molar-refractivity contribution in [3.8, 4) is 0 Å². The van der Waals surface area contributed by atoms with Crippen LogP contribution in [0.15, 0.2) is 40.1 Å². The fourth-order valence-corrected chi connectivity index (χ4v) is 2.98. The maximum atomic E-state index is 12.1. The van der Waals surface area contributed by atoms with Crippen LogP contribution in [-0.2, 0) is 9.53 Å². The highest BCUT2D eigenvalue weighted by Gasteiger charge is 2.36. The number of hydrogen-bond donors (Lipinski definition) is 0. The number of allylic oxidation sites excluding steroid dienone is 4. The SMILES string of the molecule is CCOC(=O)C1CCCC2=NC3=CC=CCC3=C21. The average Bonchev–Trinajstić information content (AvgIpc) is 2.77. The lowest BCUT2D eigenvalue weighted by molar-refractivity contribution is -0.146. The largest absolute Gasteiger partial charge is 0.466 e. The minimum Gasteiger partial charge on any atom is -0.466 e. The Morgan fingerprint density at radius 1 is 1.56 bits per heavy atom. The van der Waals surface area contributed by atoms with Gasteiger partial charge in [-0.05, 0) is 49.8 Å². The summed E-state index contributed by atoms with van der Waals surface area (Å²) in [4.78, 5) is 16.7. The molecule has 0 N–H and O–H groups in total. The maximum Gasteiger partial charge on any atom is 0.313 e. The van der Waals surface area contributed by atoms with Crippen LogP contribution < -0.4 is 0 Å². The molecule has 2 aliphatic carbocycles. The predicted octanol–water partition coefficient (Wildman–Crippen LogP) is 2.94. The average molecular weight is 243 g/mol. The molecule has 3 aliphatic rings. The fraction of sp³-hybridized carbons (Fsp3) is 0.467. The normalized spacial score (nSPS) is 25.3. The van der Waals surface area contributed by atoms with E-state index in [1.807, 2.05) is 19.1 Å². The van der Waals surface area contributed by atoms with E-state index in [1.54, 1.807) is 0 Å². The van der Waals surface area contributed by atoms with Gasteiger partial charge >= 0.3 is 5.97 Å². The molecular formula is C15H17NO2. The van der Waals surface area contributed by atoms with Crippen molar-refractivity contribution in [2.45, 2.75) is 32.6 Å². The fourth-order valence-electron chi connectivity index (χ4n) is 2.98. The molecule has 0 aromatic heterocycles. The van der Waals surface area contributed by atoms with E-state index in [1.165, 1.54) is 5.57 Å². The molecule has 0 amide bonds. The number of ether oxygens (including phenoxy) is 1. The molecule has 1 atom stereocenters. The third-order valence-electron chi connectivity index (χ3n) is 3.74. The van der Waals surface area contributed by atoms with Crippen molar-refractivity contribution in [2.24, 2.45) is 10.9 Å². The molecule has 0 radical (unpaired) electrons. The highest BCUT2D eigenvalue weighted by molar-refractivity contribution is 6.09. The van der Waals surface area contributed by atoms with Crippen LogP contribution in [0.5, 0.6) is 0 Å². The van der Waals surface area contributed by atoms with Gasteiger partial charge in [-0.3, -0.25) is 9.79 Å². The minimum atomic E-state index is -0.0927. The van der Waals surface area contributed by atoms with Gasteiger partial charge in [0.2, 0.25) is 0 Å². The van der Waals surface area contributed by atoms with E-state index in [0.29, 0.717) is 6.61 Å². The van der Waals surface area contributed by atoms with E-state index in [2.05, 4.69) is 11.1 Å². The number of rotatable bonds is 2. The molecule has 1 aliphatic heterocycles. The summed E-state index contributed by atoms with van der Waals surface area (Å²) >= 11 is 0. The summed E-state index contributed by atoms with van der Waals surface area (Å²) in [6, 6.07) is 0. The molecule has 0 aromatic rings. The van der Waals surface area contributed by atoms with Crippen molar-refractivity contribution < 1.29 is 9.53 Å². The van der Waals surface area contributed by atoms with Crippen LogP contribution in [0.1, 0.15) is 32.6 Å². The number of hydrogen-bond acceptors (Lipinski definition) is 3. The lowest BCUT2D eigenvalue weighted by atomic mass is 9.80. The number of esters is 1. The van der Waals surface area contributed by atoms with Gasteiger partial charge in [0.25, 0.3) is 0 Å². The Morgan fingerprint density at radius 3 is 3.28 bits per heavy atom. The molecule has 3 heteroatoms. The first kappa shape index (κ1) is 11.5. The highest BCUT2D eigenvalue weighted by atomic mass is 16.5. The number of carbonyl (C=O) groups is 1. The van der Waals surface area contributed by atoms with Crippen molar-refractivity contribution in [2.75, 3.05) is 6.61 Å². The Balaban J connectivity index is 1.98. The van der Waals surface area contributed by atoms with Crippen molar-refractivity contribution in [3.05, 3.63) is 35.1 Å². The molecular weight excluding hydrogens is 226 g/mol. The monoisotopic (exact) mass is 243 g/mol. The lowest BCUT2D eigenvalue weighted by Crippen LogP contribution is -2.27. The van der Waals surface area contributed by atoms with Gasteiger partial charge < -0.3 is 4.74 Å². The summed E-state index contributed by atoms with van der Waals surface area (Å²) in [5.74, 6) is -0.173. The van der Waals surface area contributed by atoms with Crippen molar-refractivity contribution >= 4 is 11.7 Å². The molecule has 0 saturated heterocycles. The maximum absolute atomic E-state index is 12.1. The van der Waals surface area contributed by atoms with Gasteiger partial charge in [-0.2, -0.15) is 0 Å². The first-order valence-corrected chi connectivity index (χ1v) is 6.66. The minimum absolute atomic E-state index is 0.0804. The third-order valence-corrected chi connectivity index (χ3v) is 3.74. The van der Waals surface area contributed by atoms with Crippen LogP contribution in [0, 0.1) is 5.92 Å². The predicted molar refractivity (Wildman–Crippen MR) is 70.3 cm³/mol. The third kappa shape index (κ3) is 1.74. The van der Waals surface area contributed by atoms with Crippen molar-refractivity contribution in [3.63, 3.8) is 0 Å². The van der Waals surface area contributed by atoms with Crippen LogP contribution in [0.4, 0.5) is 0 Å². The van der Waals surface area contributed by atoms with Crippen LogP contribution >= 0.6 is 0 Å². The molecule has 0 spiro atoms. The van der Waals surface area contributed by atoms with Gasteiger partial charge in [-0.1, -0.05) is 12.2 Å². The summed E-state index contributed by atoms with van der Waals surface area (Å²) in [7, 11) is 0. The molecule has 18 heavy (non-hydrogen) atoms. The highest BCUT2D eigenvalue weighted by Crippen LogP contribution is 2.41. The summed E-state index contributed by atoms with van der Waals surface area (Å²) in [6.07, 6.45) is 10.0. The molecule has 3 rings (SSSR count). The van der Waals surface area contributed by atoms with E-state index in [9.17, 15) is 4.79 Å². The molecule has 94 valence electrons. The second kappa shape index (κ2) is 4.56. The van der Waals surface area contributed by atoms with Gasteiger partial charge in [0, 0.05) is 5.71 Å². The van der Waals surface area contributed by atoms with E-state index in [4.69, 9.17) is 4.74 Å². The molecule has 3 nitrogen and oxygen atoms in total. The summed E-state index contributed by atoms with van der Waals surface area (Å²) in [5, 5.41) is 0. The Kier molecular flexibility index (Phi) is 2.90. The lowest BCUT2D eigenvalue weighted by Gasteiger charge is -2.24. The standard InChI is InChI=1S/C15H17NO2/c1-2-18-15(17)11-7-5-9-13-14(11)10-6-3-4-8-12(10)16-13/h3-4,8,11H,2,5-7,9H2,1H3. The number of fused-ring (bicyclic) bond motifs is 2. The Labute approximate surface area is 107 Å². The van der Waals surface area contributed by atoms with E-state index < -0.39 is 0 Å². The molecule has 1 fully saturated rings. The molecule has 0 aromatic carbocycles. The van der Waals surface area contributed by atoms with Gasteiger partial charge in [0.15, 0.2) is 0 Å². The van der Waals surface area contributed by atoms with Gasteiger partial charge in [-0.15, -0.1) is 0 Å². The second-order valence-electron chi connectivity index (χ2n) is 4.83. The zero-order chi connectivity index (χ0) is 12.5. The van der Waals surface area contributed by atoms with Crippen LogP contribution in [0.25, 0.3) is 0 Å². The first-order valence-electron chi connectivity index (χ1n) is 6.66. The Bertz CT molecular complexity index is 509. The molecule has 1 unspecified atom stereocenters. The zero-order valence-electron chi connectivity index (χ0n) is 10.6. The first-order chi connectivity index (χ1) is 8.81. The van der Waals surface area contributed by atoms with Crippen LogP contribution in [0.2, 0.25) is 0 Å². The van der Waals surface area contributed by atoms with E-state index in [0.717, 1.165) is 42.7 Å². The van der Waals surface area contributed by atoms with E-state index >= 15 is 0 Å². The van der Waals surface area contributed by atoms with E-state index in [-0.39, 0.29) is 11.9 Å². The molecule has 1 heterocycles. The van der Waals surface area contributed by atoms with Gasteiger partial charge in [-0.25, -0.2) is 0 Å². The molecule has 1 saturated carbocycles. The zero-order valence-corrected chi connectivity index (χ0v) is 10.6. The number of carbonyl (C=O) groups excluding carboxylic acids is 1. The Hall–Kier alpha value is -1.64. The summed E-state index contributed by atoms with van der Waals surface area (Å²) < 4.78 is 5.20. The second-order valence-corrected chi connectivity index (χ2v) is 4.83. The smallest absolute Gasteiger partial charge is 0.313 e. The van der Waals surface area contributed by atoms with Crippen LogP contribution in [-0.4, -0.2) is 18.3 Å². The van der Waals surface area contributed by atoms with Crippen molar-refractivity contribution in [1.29, 1.82) is 0 Å². The quantitative estimate of drug-likeness (QED) is 0.699. The Morgan fingerprint density at radius 2 is 2.44 bits per heavy atom. The summed E-state index contributed by atoms with van der Waals surface area (Å²) in [6.45, 7) is 2.31. The van der Waals surface area contributed by atoms with Crippen LogP contribution in [0.3, 0.4) is 0 Å². The topological polar surface area (TPSA) is 38.7 Å². The number of aliphatic imine (C=N–C) groups is 1. The van der Waals surface area contributed by atoms with Crippen molar-refractivity contribution in [1.82, 2.24) is 0 Å². The van der Waals surface area contributed by atoms with Gasteiger partial charge in [0.1, 0.15) is 0 Å². The number of nitrogens with zero attached hydrogens (tertiary/aromatic N) is 1.